The normalized spacial score (nSPS) is 11.4. The van der Waals surface area contributed by atoms with Crippen LogP contribution in [0.4, 0.5) is 0 Å². The zero-order valence-electron chi connectivity index (χ0n) is 10.2. The molecular weight excluding hydrogens is 274 g/mol. The Kier molecular flexibility index (Phi) is 2.22. The summed E-state index contributed by atoms with van der Waals surface area (Å²) in [6.07, 6.45) is 1.65. The van der Waals surface area contributed by atoms with Gasteiger partial charge in [0.2, 0.25) is 0 Å². The average molecular weight is 283 g/mol. The van der Waals surface area contributed by atoms with Crippen molar-refractivity contribution in [2.45, 2.75) is 0 Å². The molecule has 6 heteroatoms. The summed E-state index contributed by atoms with van der Waals surface area (Å²) >= 11 is 1.53. The molecule has 4 aromatic rings. The van der Waals surface area contributed by atoms with E-state index in [4.69, 9.17) is 0 Å². The van der Waals surface area contributed by atoms with Crippen LogP contribution in [0, 0.1) is 0 Å². The molecule has 3 N–H and O–H groups in total. The van der Waals surface area contributed by atoms with Gasteiger partial charge in [-0.05, 0) is 30.3 Å². The molecule has 0 atom stereocenters. The van der Waals surface area contributed by atoms with Crippen molar-refractivity contribution in [1.29, 1.82) is 0 Å². The quantitative estimate of drug-likeness (QED) is 0.468. The van der Waals surface area contributed by atoms with Crippen molar-refractivity contribution < 1.29 is 10.2 Å². The largest absolute Gasteiger partial charge is 0.504 e. The first-order valence-electron chi connectivity index (χ1n) is 5.97. The molecule has 2 heterocycles. The Morgan fingerprint density at radius 3 is 2.75 bits per heavy atom. The number of nitrogens with zero attached hydrogens (tertiary/aromatic N) is 2. The number of phenols is 2. The van der Waals surface area contributed by atoms with E-state index in [1.807, 2.05) is 12.1 Å². The number of phenolic OH excluding ortho intramolecular Hbond substituents is 2. The molecule has 5 nitrogen and oxygen atoms in total. The van der Waals surface area contributed by atoms with Crippen LogP contribution >= 0.6 is 11.3 Å². The van der Waals surface area contributed by atoms with Crippen molar-refractivity contribution in [2.75, 3.05) is 0 Å². The van der Waals surface area contributed by atoms with Crippen LogP contribution < -0.4 is 0 Å². The van der Waals surface area contributed by atoms with Crippen molar-refractivity contribution in [3.8, 4) is 22.1 Å². The molecule has 0 saturated heterocycles. The lowest BCUT2D eigenvalue weighted by Gasteiger charge is -1.99. The van der Waals surface area contributed by atoms with Crippen molar-refractivity contribution in [1.82, 2.24) is 15.0 Å². The minimum Gasteiger partial charge on any atom is -0.504 e. The van der Waals surface area contributed by atoms with E-state index in [0.717, 1.165) is 31.8 Å². The lowest BCUT2D eigenvalue weighted by molar-refractivity contribution is 0.404. The fraction of sp³-hybridized carbons (Fsp3) is 0. The number of hydrogen-bond donors (Lipinski definition) is 3. The Balaban J connectivity index is 1.97. The summed E-state index contributed by atoms with van der Waals surface area (Å²) in [5, 5.41) is 19.7. The van der Waals surface area contributed by atoms with E-state index >= 15 is 0 Å². The number of benzene rings is 2. The van der Waals surface area contributed by atoms with Crippen LogP contribution in [0.5, 0.6) is 11.5 Å². The highest BCUT2D eigenvalue weighted by atomic mass is 32.1. The second-order valence-corrected chi connectivity index (χ2v) is 5.46. The van der Waals surface area contributed by atoms with Crippen LogP contribution in [-0.2, 0) is 0 Å². The van der Waals surface area contributed by atoms with Crippen molar-refractivity contribution >= 4 is 32.6 Å². The van der Waals surface area contributed by atoms with E-state index in [0.29, 0.717) is 0 Å². The number of fused-ring (bicyclic) bond motifs is 3. The van der Waals surface area contributed by atoms with Gasteiger partial charge in [-0.1, -0.05) is 0 Å². The monoisotopic (exact) mass is 283 g/mol. The average Bonchev–Trinajstić information content (AvgIpc) is 3.06. The summed E-state index contributed by atoms with van der Waals surface area (Å²) in [7, 11) is 0. The Morgan fingerprint density at radius 2 is 1.90 bits per heavy atom. The number of aromatic nitrogens is 3. The Labute approximate surface area is 117 Å². The van der Waals surface area contributed by atoms with Crippen molar-refractivity contribution in [2.24, 2.45) is 0 Å². The van der Waals surface area contributed by atoms with Crippen LogP contribution in [0.2, 0.25) is 0 Å². The molecule has 0 saturated carbocycles. The third kappa shape index (κ3) is 1.55. The Morgan fingerprint density at radius 1 is 1.00 bits per heavy atom. The highest BCUT2D eigenvalue weighted by Gasteiger charge is 2.12. The summed E-state index contributed by atoms with van der Waals surface area (Å²) in [4.78, 5) is 11.9. The second kappa shape index (κ2) is 3.94. The van der Waals surface area contributed by atoms with Crippen molar-refractivity contribution in [3.63, 3.8) is 0 Å². The molecule has 2 aromatic heterocycles. The van der Waals surface area contributed by atoms with Crippen LogP contribution in [-0.4, -0.2) is 25.2 Å². The molecule has 2 aromatic carbocycles. The highest BCUT2D eigenvalue weighted by Crippen LogP contribution is 2.36. The van der Waals surface area contributed by atoms with E-state index in [1.165, 1.54) is 23.5 Å². The maximum atomic E-state index is 9.58. The van der Waals surface area contributed by atoms with Gasteiger partial charge in [-0.15, -0.1) is 11.3 Å². The van der Waals surface area contributed by atoms with E-state index < -0.39 is 0 Å². The number of aromatic hydroxyl groups is 2. The molecule has 0 aliphatic rings. The first-order valence-corrected chi connectivity index (χ1v) is 6.79. The molecule has 0 aliphatic heterocycles. The standard InChI is InChI=1S/C14H9N3O2S/c18-9-3-1-7(5-10(9)19)14-17-13-11(20-14)4-2-8-12(13)16-6-15-8/h1-6,18-19H,(H,15,16). The second-order valence-electron chi connectivity index (χ2n) is 4.43. The summed E-state index contributed by atoms with van der Waals surface area (Å²) in [5.74, 6) is -0.281. The fourth-order valence-electron chi connectivity index (χ4n) is 2.17. The highest BCUT2D eigenvalue weighted by molar-refractivity contribution is 7.21. The van der Waals surface area contributed by atoms with E-state index in [-0.39, 0.29) is 11.5 Å². The number of H-pyrrole nitrogens is 1. The van der Waals surface area contributed by atoms with Gasteiger partial charge in [0.05, 0.1) is 16.5 Å². The summed E-state index contributed by atoms with van der Waals surface area (Å²) < 4.78 is 1.03. The van der Waals surface area contributed by atoms with Gasteiger partial charge < -0.3 is 15.2 Å². The molecule has 0 radical (unpaired) electrons. The molecule has 4 rings (SSSR count). The zero-order chi connectivity index (χ0) is 13.7. The zero-order valence-corrected chi connectivity index (χ0v) is 11.0. The van der Waals surface area contributed by atoms with Gasteiger partial charge in [0.15, 0.2) is 11.5 Å². The Hall–Kier alpha value is -2.60. The molecule has 0 amide bonds. The lowest BCUT2D eigenvalue weighted by Crippen LogP contribution is -1.77. The summed E-state index contributed by atoms with van der Waals surface area (Å²) in [6, 6.07) is 8.67. The number of nitrogens with one attached hydrogen (secondary N) is 1. The minimum atomic E-state index is -0.147. The van der Waals surface area contributed by atoms with Gasteiger partial charge in [-0.2, -0.15) is 0 Å². The molecule has 0 aliphatic carbocycles. The smallest absolute Gasteiger partial charge is 0.158 e. The van der Waals surface area contributed by atoms with Crippen LogP contribution in [0.1, 0.15) is 0 Å². The SMILES string of the molecule is Oc1ccc(-c2nc3c(ccc4[nH]cnc43)s2)cc1O. The van der Waals surface area contributed by atoms with Gasteiger partial charge in [0.1, 0.15) is 16.0 Å². The molecular formula is C14H9N3O2S. The molecule has 0 bridgehead atoms. The molecule has 98 valence electrons. The van der Waals surface area contributed by atoms with E-state index in [9.17, 15) is 10.2 Å². The summed E-state index contributed by atoms with van der Waals surface area (Å²) in [5.41, 5.74) is 3.40. The third-order valence-corrected chi connectivity index (χ3v) is 4.24. The summed E-state index contributed by atoms with van der Waals surface area (Å²) in [6.45, 7) is 0. The predicted molar refractivity (Wildman–Crippen MR) is 78.0 cm³/mol. The van der Waals surface area contributed by atoms with Crippen LogP contribution in [0.25, 0.3) is 31.8 Å². The van der Waals surface area contributed by atoms with Gasteiger partial charge in [0.25, 0.3) is 0 Å². The van der Waals surface area contributed by atoms with E-state index in [1.54, 1.807) is 12.4 Å². The number of thiazole rings is 1. The molecule has 0 unspecified atom stereocenters. The van der Waals surface area contributed by atoms with Gasteiger partial charge in [0, 0.05) is 5.56 Å². The van der Waals surface area contributed by atoms with Gasteiger partial charge in [-0.25, -0.2) is 9.97 Å². The molecule has 20 heavy (non-hydrogen) atoms. The van der Waals surface area contributed by atoms with Gasteiger partial charge >= 0.3 is 0 Å². The van der Waals surface area contributed by atoms with Gasteiger partial charge in [-0.3, -0.25) is 0 Å². The molecule has 0 fully saturated rings. The molecule has 0 spiro atoms. The number of rotatable bonds is 1. The number of hydrogen-bond acceptors (Lipinski definition) is 5. The topological polar surface area (TPSA) is 82.0 Å². The first kappa shape index (κ1) is 11.2. The lowest BCUT2D eigenvalue weighted by atomic mass is 10.2. The number of aromatic amines is 1. The minimum absolute atomic E-state index is 0.135. The third-order valence-electron chi connectivity index (χ3n) is 3.17. The first-order chi connectivity index (χ1) is 9.72. The Bertz CT molecular complexity index is 942. The van der Waals surface area contributed by atoms with Crippen LogP contribution in [0.3, 0.4) is 0 Å². The number of imidazole rings is 1. The van der Waals surface area contributed by atoms with Crippen molar-refractivity contribution in [3.05, 3.63) is 36.7 Å². The van der Waals surface area contributed by atoms with Crippen LogP contribution in [0.15, 0.2) is 36.7 Å². The fourth-order valence-corrected chi connectivity index (χ4v) is 3.14. The maximum Gasteiger partial charge on any atom is 0.158 e. The maximum absolute atomic E-state index is 9.58. The van der Waals surface area contributed by atoms with E-state index in [2.05, 4.69) is 15.0 Å². The predicted octanol–water partition coefficient (Wildman–Crippen LogP) is 3.25.